The lowest BCUT2D eigenvalue weighted by Crippen LogP contribution is -2.20. The van der Waals surface area contributed by atoms with E-state index in [4.69, 9.17) is 10.8 Å². The Labute approximate surface area is 114 Å². The predicted molar refractivity (Wildman–Crippen MR) is 72.5 cm³/mol. The molecule has 7 heteroatoms. The smallest absolute Gasteiger partial charge is 0.354 e. The van der Waals surface area contributed by atoms with E-state index in [1.165, 1.54) is 0 Å². The minimum Gasteiger partial charge on any atom is -0.477 e. The van der Waals surface area contributed by atoms with Crippen LogP contribution in [0.5, 0.6) is 0 Å². The van der Waals surface area contributed by atoms with Gasteiger partial charge in [0.1, 0.15) is 0 Å². The molecule has 1 aliphatic heterocycles. The summed E-state index contributed by atoms with van der Waals surface area (Å²) in [5.74, 6) is -0.992. The number of carbonyl (C=O) groups is 2. The van der Waals surface area contributed by atoms with Crippen LogP contribution in [-0.4, -0.2) is 34.2 Å². The molecule has 7 nitrogen and oxygen atoms in total. The molecule has 0 saturated carbocycles. The van der Waals surface area contributed by atoms with Gasteiger partial charge in [-0.1, -0.05) is 6.07 Å². The number of amides is 1. The van der Waals surface area contributed by atoms with Gasteiger partial charge < -0.3 is 15.7 Å². The van der Waals surface area contributed by atoms with E-state index in [2.05, 4.69) is 10.2 Å². The summed E-state index contributed by atoms with van der Waals surface area (Å²) >= 11 is 0. The Kier molecular flexibility index (Phi) is 2.50. The molecule has 3 rings (SSSR count). The Morgan fingerprint density at radius 3 is 2.95 bits per heavy atom. The van der Waals surface area contributed by atoms with Crippen molar-refractivity contribution >= 4 is 23.4 Å². The van der Waals surface area contributed by atoms with Gasteiger partial charge in [-0.15, -0.1) is 0 Å². The van der Waals surface area contributed by atoms with E-state index < -0.39 is 5.97 Å². The molecule has 20 heavy (non-hydrogen) atoms. The Morgan fingerprint density at radius 2 is 2.25 bits per heavy atom. The second-order valence-electron chi connectivity index (χ2n) is 4.64. The normalized spacial score (nSPS) is 13.7. The molecule has 0 bridgehead atoms. The van der Waals surface area contributed by atoms with Crippen molar-refractivity contribution in [2.75, 3.05) is 17.7 Å². The number of fused-ring (bicyclic) bond motifs is 1. The van der Waals surface area contributed by atoms with Gasteiger partial charge in [-0.3, -0.25) is 9.89 Å². The maximum Gasteiger partial charge on any atom is 0.354 e. The molecule has 0 radical (unpaired) electrons. The van der Waals surface area contributed by atoms with Crippen molar-refractivity contribution in [2.24, 2.45) is 0 Å². The average Bonchev–Trinajstić information content (AvgIpc) is 2.91. The van der Waals surface area contributed by atoms with Gasteiger partial charge in [-0.2, -0.15) is 5.10 Å². The maximum absolute atomic E-state index is 11.7. The summed E-state index contributed by atoms with van der Waals surface area (Å²) < 4.78 is 0. The summed E-state index contributed by atoms with van der Waals surface area (Å²) in [6.45, 7) is 0. The lowest BCUT2D eigenvalue weighted by atomic mass is 10.0. The number of nitrogen functional groups attached to an aromatic ring is 1. The molecular weight excluding hydrogens is 260 g/mol. The number of carbonyl (C=O) groups excluding carboxylic acids is 1. The Hall–Kier alpha value is -2.83. The largest absolute Gasteiger partial charge is 0.477 e. The number of nitrogens with one attached hydrogen (secondary N) is 1. The van der Waals surface area contributed by atoms with Crippen LogP contribution in [0.4, 0.5) is 11.5 Å². The molecule has 1 aliphatic rings. The van der Waals surface area contributed by atoms with Crippen molar-refractivity contribution in [1.82, 2.24) is 10.2 Å². The molecule has 4 N–H and O–H groups in total. The number of nitrogens with zero attached hydrogens (tertiary/aromatic N) is 2. The van der Waals surface area contributed by atoms with E-state index in [0.29, 0.717) is 17.5 Å². The number of carboxylic acid groups (broad SMARTS) is 1. The Morgan fingerprint density at radius 1 is 1.50 bits per heavy atom. The van der Waals surface area contributed by atoms with Gasteiger partial charge in [0.2, 0.25) is 5.91 Å². The van der Waals surface area contributed by atoms with E-state index in [9.17, 15) is 9.59 Å². The van der Waals surface area contributed by atoms with Crippen molar-refractivity contribution in [2.45, 2.75) is 6.42 Å². The highest BCUT2D eigenvalue weighted by molar-refractivity contribution is 6.02. The quantitative estimate of drug-likeness (QED) is 0.751. The summed E-state index contributed by atoms with van der Waals surface area (Å²) in [5.41, 5.74) is 8.34. The van der Waals surface area contributed by atoms with Gasteiger partial charge in [-0.25, -0.2) is 4.79 Å². The fourth-order valence-electron chi connectivity index (χ4n) is 2.43. The number of aromatic amines is 1. The highest BCUT2D eigenvalue weighted by atomic mass is 16.4. The fraction of sp³-hybridized carbons (Fsp3) is 0.154. The van der Waals surface area contributed by atoms with E-state index in [0.717, 1.165) is 11.3 Å². The maximum atomic E-state index is 11.7. The minimum absolute atomic E-state index is 0.00998. The number of aromatic carboxylic acids is 1. The molecule has 1 aromatic heterocycles. The first-order valence-corrected chi connectivity index (χ1v) is 5.96. The SMILES string of the molecule is CN1C(=O)Cc2cc(-c3c(N)n[nH]c3C(=O)O)ccc21. The zero-order valence-corrected chi connectivity index (χ0v) is 10.7. The second kappa shape index (κ2) is 4.09. The summed E-state index contributed by atoms with van der Waals surface area (Å²) in [4.78, 5) is 24.4. The molecule has 0 saturated heterocycles. The number of nitrogens with two attached hydrogens (primary N) is 1. The molecule has 2 aromatic rings. The minimum atomic E-state index is -1.13. The molecule has 1 amide bonds. The van der Waals surface area contributed by atoms with Crippen LogP contribution in [0.15, 0.2) is 18.2 Å². The van der Waals surface area contributed by atoms with Crippen LogP contribution in [0.3, 0.4) is 0 Å². The van der Waals surface area contributed by atoms with E-state index in [1.54, 1.807) is 30.1 Å². The zero-order valence-electron chi connectivity index (χ0n) is 10.7. The molecule has 2 heterocycles. The first-order chi connectivity index (χ1) is 9.49. The van der Waals surface area contributed by atoms with Crippen molar-refractivity contribution in [3.63, 3.8) is 0 Å². The molecule has 0 aliphatic carbocycles. The lowest BCUT2D eigenvalue weighted by Gasteiger charge is -2.10. The molecule has 1 aromatic carbocycles. The molecule has 0 spiro atoms. The van der Waals surface area contributed by atoms with Crippen LogP contribution in [0.1, 0.15) is 16.1 Å². The number of H-pyrrole nitrogens is 1. The first-order valence-electron chi connectivity index (χ1n) is 5.96. The molecule has 0 atom stereocenters. The highest BCUT2D eigenvalue weighted by Crippen LogP contribution is 2.34. The van der Waals surface area contributed by atoms with Gasteiger partial charge >= 0.3 is 5.97 Å². The third-order valence-corrected chi connectivity index (χ3v) is 3.45. The van der Waals surface area contributed by atoms with Gasteiger partial charge in [-0.05, 0) is 23.3 Å². The number of likely N-dealkylation sites (N-methyl/N-ethyl adjacent to an activating group) is 1. The molecule has 0 fully saturated rings. The third-order valence-electron chi connectivity index (χ3n) is 3.45. The number of hydrogen-bond donors (Lipinski definition) is 3. The molecule has 0 unspecified atom stereocenters. The third kappa shape index (κ3) is 1.63. The number of aromatic nitrogens is 2. The van der Waals surface area contributed by atoms with Crippen LogP contribution < -0.4 is 10.6 Å². The summed E-state index contributed by atoms with van der Waals surface area (Å²) in [7, 11) is 1.71. The van der Waals surface area contributed by atoms with Crippen LogP contribution >= 0.6 is 0 Å². The number of rotatable bonds is 2. The number of benzene rings is 1. The summed E-state index contributed by atoms with van der Waals surface area (Å²) in [5, 5.41) is 15.3. The Balaban J connectivity index is 2.14. The van der Waals surface area contributed by atoms with Gasteiger partial charge in [0.15, 0.2) is 11.5 Å². The first kappa shape index (κ1) is 12.2. The van der Waals surface area contributed by atoms with Crippen LogP contribution in [0.2, 0.25) is 0 Å². The molecular formula is C13H12N4O3. The van der Waals surface area contributed by atoms with Gasteiger partial charge in [0.25, 0.3) is 0 Å². The topological polar surface area (TPSA) is 112 Å². The van der Waals surface area contributed by atoms with Crippen molar-refractivity contribution < 1.29 is 14.7 Å². The molecule has 102 valence electrons. The van der Waals surface area contributed by atoms with E-state index >= 15 is 0 Å². The number of anilines is 2. The lowest BCUT2D eigenvalue weighted by molar-refractivity contribution is -0.117. The summed E-state index contributed by atoms with van der Waals surface area (Å²) in [6.07, 6.45) is 0.305. The Bertz CT molecular complexity index is 735. The highest BCUT2D eigenvalue weighted by Gasteiger charge is 2.26. The summed E-state index contributed by atoms with van der Waals surface area (Å²) in [6, 6.07) is 5.31. The zero-order chi connectivity index (χ0) is 14.4. The van der Waals surface area contributed by atoms with Crippen molar-refractivity contribution in [3.05, 3.63) is 29.5 Å². The van der Waals surface area contributed by atoms with Crippen molar-refractivity contribution in [3.8, 4) is 11.1 Å². The number of hydrogen-bond acceptors (Lipinski definition) is 4. The van der Waals surface area contributed by atoms with Crippen LogP contribution in [0.25, 0.3) is 11.1 Å². The van der Waals surface area contributed by atoms with Crippen LogP contribution in [-0.2, 0) is 11.2 Å². The predicted octanol–water partition coefficient (Wildman–Crippen LogP) is 0.876. The monoisotopic (exact) mass is 272 g/mol. The van der Waals surface area contributed by atoms with E-state index in [-0.39, 0.29) is 17.4 Å². The number of carboxylic acids is 1. The van der Waals surface area contributed by atoms with Crippen LogP contribution in [0, 0.1) is 0 Å². The van der Waals surface area contributed by atoms with Gasteiger partial charge in [0.05, 0.1) is 12.0 Å². The second-order valence-corrected chi connectivity index (χ2v) is 4.64. The van der Waals surface area contributed by atoms with E-state index in [1.807, 2.05) is 0 Å². The van der Waals surface area contributed by atoms with Gasteiger partial charge in [0, 0.05) is 12.7 Å². The average molecular weight is 272 g/mol. The standard InChI is InChI=1S/C13H12N4O3/c1-17-8-3-2-6(4-7(8)5-9(17)18)10-11(13(19)20)15-16-12(10)14/h2-4H,5H2,1H3,(H,19,20)(H3,14,15,16). The van der Waals surface area contributed by atoms with Crippen molar-refractivity contribution in [1.29, 1.82) is 0 Å². The fourth-order valence-corrected chi connectivity index (χ4v) is 2.43.